The Morgan fingerprint density at radius 2 is 1.77 bits per heavy atom. The van der Waals surface area contributed by atoms with Crippen LogP contribution in [0.3, 0.4) is 0 Å². The molecule has 1 aliphatic rings. The minimum atomic E-state index is 0.339. The molecule has 158 valence electrons. The average molecular weight is 470 g/mol. The number of aromatic hydroxyl groups is 1. The van der Waals surface area contributed by atoms with Gasteiger partial charge in [0, 0.05) is 48.1 Å². The molecule has 0 spiro atoms. The zero-order valence-corrected chi connectivity index (χ0v) is 19.0. The van der Waals surface area contributed by atoms with E-state index in [0.717, 1.165) is 52.4 Å². The molecular formula is C23H28BrN5O. The first-order valence-corrected chi connectivity index (χ1v) is 11.2. The predicted octanol–water partition coefficient (Wildman–Crippen LogP) is 4.68. The van der Waals surface area contributed by atoms with Gasteiger partial charge in [-0.2, -0.15) is 4.98 Å². The Bertz CT molecular complexity index is 1020. The Hall–Kier alpha value is -2.38. The van der Waals surface area contributed by atoms with E-state index in [1.165, 1.54) is 0 Å². The first-order valence-electron chi connectivity index (χ1n) is 10.4. The summed E-state index contributed by atoms with van der Waals surface area (Å²) in [5, 5.41) is 18.2. The second-order valence-electron chi connectivity index (χ2n) is 8.13. The lowest BCUT2D eigenvalue weighted by Gasteiger charge is -2.30. The monoisotopic (exact) mass is 469 g/mol. The molecule has 0 saturated heterocycles. The first-order chi connectivity index (χ1) is 14.5. The van der Waals surface area contributed by atoms with Crippen LogP contribution >= 0.6 is 15.9 Å². The van der Waals surface area contributed by atoms with Crippen molar-refractivity contribution >= 4 is 38.6 Å². The quantitative estimate of drug-likeness (QED) is 0.486. The van der Waals surface area contributed by atoms with Gasteiger partial charge >= 0.3 is 0 Å². The van der Waals surface area contributed by atoms with E-state index in [2.05, 4.69) is 32.6 Å². The zero-order chi connectivity index (χ0) is 21.1. The summed E-state index contributed by atoms with van der Waals surface area (Å²) in [5.74, 6) is 1.98. The van der Waals surface area contributed by atoms with Crippen LogP contribution < -0.4 is 15.5 Å². The third kappa shape index (κ3) is 4.84. The van der Waals surface area contributed by atoms with Gasteiger partial charge in [0.25, 0.3) is 0 Å². The largest absolute Gasteiger partial charge is 0.508 e. The third-order valence-electron chi connectivity index (χ3n) is 5.69. The number of nitrogens with zero attached hydrogens (tertiary/aromatic N) is 3. The number of hydrogen-bond donors (Lipinski definition) is 3. The number of nitrogens with one attached hydrogen (secondary N) is 2. The molecule has 3 aromatic rings. The number of aromatic nitrogens is 2. The fourth-order valence-electron chi connectivity index (χ4n) is 4.04. The topological polar surface area (TPSA) is 73.3 Å². The summed E-state index contributed by atoms with van der Waals surface area (Å²) in [6.45, 7) is 0.675. The molecule has 0 atom stereocenters. The summed E-state index contributed by atoms with van der Waals surface area (Å²) in [4.78, 5) is 11.5. The van der Waals surface area contributed by atoms with Crippen molar-refractivity contribution in [3.8, 4) is 5.75 Å². The van der Waals surface area contributed by atoms with E-state index in [1.807, 2.05) is 49.3 Å². The summed E-state index contributed by atoms with van der Waals surface area (Å²) in [5.41, 5.74) is 1.88. The van der Waals surface area contributed by atoms with Gasteiger partial charge in [0.05, 0.1) is 5.52 Å². The van der Waals surface area contributed by atoms with Crippen LogP contribution in [0.4, 0.5) is 11.8 Å². The van der Waals surface area contributed by atoms with Crippen molar-refractivity contribution in [2.75, 3.05) is 24.3 Å². The van der Waals surface area contributed by atoms with Crippen molar-refractivity contribution in [2.45, 2.75) is 44.3 Å². The van der Waals surface area contributed by atoms with Gasteiger partial charge in [0.15, 0.2) is 0 Å². The molecule has 3 N–H and O–H groups in total. The molecule has 0 unspecified atom stereocenters. The van der Waals surface area contributed by atoms with Crippen molar-refractivity contribution in [3.05, 3.63) is 52.5 Å². The van der Waals surface area contributed by atoms with Crippen LogP contribution in [0.15, 0.2) is 46.9 Å². The molecule has 0 aliphatic heterocycles. The molecule has 0 radical (unpaired) electrons. The SMILES string of the molecule is CN(C)c1nc(N[C@H]2CC[C@@H](NCc3cc(Br)ccc3O)CC2)nc2ccccc12. The molecule has 1 fully saturated rings. The lowest BCUT2D eigenvalue weighted by molar-refractivity contribution is 0.350. The molecule has 0 bridgehead atoms. The highest BCUT2D eigenvalue weighted by molar-refractivity contribution is 9.10. The van der Waals surface area contributed by atoms with Crippen LogP contribution in [0.25, 0.3) is 10.9 Å². The highest BCUT2D eigenvalue weighted by Gasteiger charge is 2.22. The molecule has 4 rings (SSSR count). The van der Waals surface area contributed by atoms with E-state index in [4.69, 9.17) is 9.97 Å². The second-order valence-corrected chi connectivity index (χ2v) is 9.04. The number of fused-ring (bicyclic) bond motifs is 1. The molecule has 0 amide bonds. The maximum absolute atomic E-state index is 10.0. The van der Waals surface area contributed by atoms with Crippen molar-refractivity contribution in [1.29, 1.82) is 0 Å². The Morgan fingerprint density at radius 3 is 2.53 bits per heavy atom. The van der Waals surface area contributed by atoms with E-state index in [9.17, 15) is 5.11 Å². The number of rotatable bonds is 6. The second kappa shape index (κ2) is 9.18. The molecular weight excluding hydrogens is 442 g/mol. The molecule has 30 heavy (non-hydrogen) atoms. The summed E-state index contributed by atoms with van der Waals surface area (Å²) in [6, 6.07) is 14.5. The number of anilines is 2. The van der Waals surface area contributed by atoms with Crippen molar-refractivity contribution in [3.63, 3.8) is 0 Å². The Morgan fingerprint density at radius 1 is 1.03 bits per heavy atom. The van der Waals surface area contributed by atoms with Crippen LogP contribution in [0.1, 0.15) is 31.2 Å². The Labute approximate surface area is 185 Å². The summed E-state index contributed by atoms with van der Waals surface area (Å²) in [7, 11) is 4.02. The van der Waals surface area contributed by atoms with Gasteiger partial charge in [-0.15, -0.1) is 0 Å². The molecule has 1 aromatic heterocycles. The molecule has 1 saturated carbocycles. The van der Waals surface area contributed by atoms with Crippen molar-refractivity contribution in [1.82, 2.24) is 15.3 Å². The van der Waals surface area contributed by atoms with Gasteiger partial charge in [-0.25, -0.2) is 4.98 Å². The highest BCUT2D eigenvalue weighted by atomic mass is 79.9. The number of benzene rings is 2. The van der Waals surface area contributed by atoms with E-state index in [0.29, 0.717) is 30.3 Å². The van der Waals surface area contributed by atoms with Crippen molar-refractivity contribution in [2.24, 2.45) is 0 Å². The molecule has 7 heteroatoms. The predicted molar refractivity (Wildman–Crippen MR) is 126 cm³/mol. The minimum absolute atomic E-state index is 0.339. The molecule has 6 nitrogen and oxygen atoms in total. The van der Waals surface area contributed by atoms with Gasteiger partial charge < -0.3 is 20.6 Å². The van der Waals surface area contributed by atoms with Crippen molar-refractivity contribution < 1.29 is 5.11 Å². The van der Waals surface area contributed by atoms with Crippen LogP contribution in [0.5, 0.6) is 5.75 Å². The Balaban J connectivity index is 1.35. The molecule has 1 aliphatic carbocycles. The highest BCUT2D eigenvalue weighted by Crippen LogP contribution is 2.27. The van der Waals surface area contributed by atoms with Gasteiger partial charge in [-0.1, -0.05) is 28.1 Å². The van der Waals surface area contributed by atoms with E-state index in [1.54, 1.807) is 6.07 Å². The minimum Gasteiger partial charge on any atom is -0.508 e. The normalized spacial score (nSPS) is 19.0. The van der Waals surface area contributed by atoms with E-state index in [-0.39, 0.29) is 0 Å². The standard InChI is InChI=1S/C23H28BrN5O/c1-29(2)22-19-5-3-4-6-20(19)27-23(28-22)26-18-10-8-17(9-11-18)25-14-15-13-16(24)7-12-21(15)30/h3-7,12-13,17-18,25,30H,8-11,14H2,1-2H3,(H,26,27,28)/t17-,18+. The number of phenolic OH excluding ortho intramolecular Hbond substituents is 1. The maximum Gasteiger partial charge on any atom is 0.225 e. The number of phenols is 1. The van der Waals surface area contributed by atoms with Gasteiger partial charge in [0.2, 0.25) is 5.95 Å². The lowest BCUT2D eigenvalue weighted by Crippen LogP contribution is -2.37. The van der Waals surface area contributed by atoms with Crippen LogP contribution in [-0.4, -0.2) is 41.3 Å². The molecule has 2 aromatic carbocycles. The van der Waals surface area contributed by atoms with Crippen LogP contribution in [-0.2, 0) is 6.54 Å². The first kappa shape index (κ1) is 20.9. The molecule has 1 heterocycles. The maximum atomic E-state index is 10.0. The average Bonchev–Trinajstić information content (AvgIpc) is 2.74. The third-order valence-corrected chi connectivity index (χ3v) is 6.18. The number of hydrogen-bond acceptors (Lipinski definition) is 6. The van der Waals surface area contributed by atoms with Gasteiger partial charge in [-0.3, -0.25) is 0 Å². The number of para-hydroxylation sites is 1. The fourth-order valence-corrected chi connectivity index (χ4v) is 4.45. The summed E-state index contributed by atoms with van der Waals surface area (Å²) < 4.78 is 0.984. The fraction of sp³-hybridized carbons (Fsp3) is 0.391. The Kier molecular flexibility index (Phi) is 6.39. The smallest absolute Gasteiger partial charge is 0.225 e. The summed E-state index contributed by atoms with van der Waals surface area (Å²) in [6.07, 6.45) is 4.30. The van der Waals surface area contributed by atoms with Crippen LogP contribution in [0, 0.1) is 0 Å². The lowest BCUT2D eigenvalue weighted by atomic mass is 9.91. The summed E-state index contributed by atoms with van der Waals surface area (Å²) >= 11 is 3.47. The number of halogens is 1. The zero-order valence-electron chi connectivity index (χ0n) is 17.4. The van der Waals surface area contributed by atoms with E-state index >= 15 is 0 Å². The van der Waals surface area contributed by atoms with Gasteiger partial charge in [-0.05, 0) is 56.0 Å². The van der Waals surface area contributed by atoms with E-state index < -0.39 is 0 Å². The van der Waals surface area contributed by atoms with Gasteiger partial charge in [0.1, 0.15) is 11.6 Å². The van der Waals surface area contributed by atoms with Crippen LogP contribution in [0.2, 0.25) is 0 Å².